The first kappa shape index (κ1) is 8.97. The predicted octanol–water partition coefficient (Wildman–Crippen LogP) is 1.15. The van der Waals surface area contributed by atoms with Crippen LogP contribution in [0.3, 0.4) is 0 Å². The van der Waals surface area contributed by atoms with Gasteiger partial charge in [-0.3, -0.25) is 4.79 Å². The van der Waals surface area contributed by atoms with E-state index in [0.717, 1.165) is 0 Å². The number of carbonyl (C=O) groups is 1. The number of halogens is 1. The highest BCUT2D eigenvalue weighted by atomic mass is 79.9. The van der Waals surface area contributed by atoms with Crippen molar-refractivity contribution in [3.63, 3.8) is 0 Å². The maximum absolute atomic E-state index is 10.2. The molecule has 0 bridgehead atoms. The molecule has 1 amide bonds. The summed E-state index contributed by atoms with van der Waals surface area (Å²) in [5.41, 5.74) is 2.28. The SMILES string of the molecule is CS/C(Br)=N\NC(C)=O. The molecule has 0 aromatic heterocycles. The molecule has 0 spiro atoms. The minimum Gasteiger partial charge on any atom is -0.274 e. The minimum absolute atomic E-state index is 0.166. The van der Waals surface area contributed by atoms with Gasteiger partial charge in [0.25, 0.3) is 0 Å². The fourth-order valence-corrected chi connectivity index (χ4v) is 0.394. The summed E-state index contributed by atoms with van der Waals surface area (Å²) in [5.74, 6) is -0.166. The first-order valence-corrected chi connectivity index (χ1v) is 4.22. The van der Waals surface area contributed by atoms with Crippen molar-refractivity contribution >= 4 is 37.6 Å². The van der Waals surface area contributed by atoms with E-state index in [9.17, 15) is 4.79 Å². The van der Waals surface area contributed by atoms with E-state index in [0.29, 0.717) is 3.95 Å². The van der Waals surface area contributed by atoms with Crippen molar-refractivity contribution in [3.8, 4) is 0 Å². The topological polar surface area (TPSA) is 41.5 Å². The van der Waals surface area contributed by atoms with E-state index in [-0.39, 0.29) is 5.91 Å². The number of carbonyl (C=O) groups excluding carboxylic acids is 1. The highest BCUT2D eigenvalue weighted by molar-refractivity contribution is 9.22. The average Bonchev–Trinajstić information content (AvgIpc) is 1.83. The Morgan fingerprint density at radius 2 is 2.33 bits per heavy atom. The van der Waals surface area contributed by atoms with E-state index >= 15 is 0 Å². The van der Waals surface area contributed by atoms with Gasteiger partial charge in [0.05, 0.1) is 0 Å². The standard InChI is InChI=1S/C4H7BrN2OS/c1-3(8)6-7-4(5)9-2/h1-2H3,(H,6,8)/b7-4-. The van der Waals surface area contributed by atoms with E-state index in [1.807, 2.05) is 6.26 Å². The normalized spacial score (nSPS) is 11.2. The summed E-state index contributed by atoms with van der Waals surface area (Å²) in [6.07, 6.45) is 1.86. The van der Waals surface area contributed by atoms with Crippen LogP contribution >= 0.6 is 27.7 Å². The number of nitrogens with zero attached hydrogens (tertiary/aromatic N) is 1. The largest absolute Gasteiger partial charge is 0.274 e. The van der Waals surface area contributed by atoms with Crippen LogP contribution in [0, 0.1) is 0 Å². The molecular formula is C4H7BrN2OS. The average molecular weight is 211 g/mol. The Balaban J connectivity index is 3.56. The Labute approximate surface area is 66.4 Å². The highest BCUT2D eigenvalue weighted by Crippen LogP contribution is 2.02. The second kappa shape index (κ2) is 4.81. The Kier molecular flexibility index (Phi) is 4.80. The first-order valence-electron chi connectivity index (χ1n) is 2.20. The van der Waals surface area contributed by atoms with Gasteiger partial charge in [-0.1, -0.05) is 0 Å². The molecule has 0 saturated heterocycles. The molecule has 0 saturated carbocycles. The number of hydrogen-bond acceptors (Lipinski definition) is 3. The van der Waals surface area contributed by atoms with Crippen molar-refractivity contribution in [2.45, 2.75) is 6.92 Å². The van der Waals surface area contributed by atoms with Gasteiger partial charge in [-0.2, -0.15) is 5.10 Å². The zero-order valence-electron chi connectivity index (χ0n) is 5.14. The second-order valence-corrected chi connectivity index (χ2v) is 3.31. The van der Waals surface area contributed by atoms with Gasteiger partial charge in [0, 0.05) is 6.92 Å². The van der Waals surface area contributed by atoms with Gasteiger partial charge < -0.3 is 0 Å². The Morgan fingerprint density at radius 1 is 1.78 bits per heavy atom. The Hall–Kier alpha value is -0.0300. The third-order valence-corrected chi connectivity index (χ3v) is 2.05. The maximum atomic E-state index is 10.2. The molecule has 0 radical (unpaired) electrons. The van der Waals surface area contributed by atoms with Crippen LogP contribution in [0.2, 0.25) is 0 Å². The van der Waals surface area contributed by atoms with E-state index in [4.69, 9.17) is 0 Å². The first-order chi connectivity index (χ1) is 4.16. The van der Waals surface area contributed by atoms with Crippen LogP contribution in [0.4, 0.5) is 0 Å². The van der Waals surface area contributed by atoms with E-state index in [1.54, 1.807) is 0 Å². The molecule has 0 atom stereocenters. The third-order valence-electron chi connectivity index (χ3n) is 0.470. The summed E-state index contributed by atoms with van der Waals surface area (Å²) < 4.78 is 0.665. The van der Waals surface area contributed by atoms with Crippen molar-refractivity contribution in [3.05, 3.63) is 0 Å². The molecule has 0 aliphatic heterocycles. The lowest BCUT2D eigenvalue weighted by atomic mass is 10.8. The molecule has 0 aromatic carbocycles. The van der Waals surface area contributed by atoms with Gasteiger partial charge in [-0.25, -0.2) is 5.43 Å². The lowest BCUT2D eigenvalue weighted by molar-refractivity contribution is -0.118. The molecule has 3 nitrogen and oxygen atoms in total. The molecule has 52 valence electrons. The molecule has 0 aliphatic carbocycles. The zero-order valence-corrected chi connectivity index (χ0v) is 7.54. The third kappa shape index (κ3) is 5.85. The van der Waals surface area contributed by atoms with Gasteiger partial charge in [-0.15, -0.1) is 11.8 Å². The van der Waals surface area contributed by atoms with Crippen LogP contribution in [0.15, 0.2) is 5.10 Å². The van der Waals surface area contributed by atoms with Crippen LogP contribution in [0.1, 0.15) is 6.92 Å². The molecule has 0 aliphatic rings. The number of thioether (sulfide) groups is 1. The lowest BCUT2D eigenvalue weighted by Gasteiger charge is -1.91. The van der Waals surface area contributed by atoms with Crippen LogP contribution in [0.5, 0.6) is 0 Å². The smallest absolute Gasteiger partial charge is 0.236 e. The Morgan fingerprint density at radius 3 is 2.67 bits per heavy atom. The predicted molar refractivity (Wildman–Crippen MR) is 43.7 cm³/mol. The van der Waals surface area contributed by atoms with Crippen LogP contribution in [0.25, 0.3) is 0 Å². The van der Waals surface area contributed by atoms with Gasteiger partial charge in [0.1, 0.15) is 0 Å². The zero-order chi connectivity index (χ0) is 7.28. The molecule has 0 unspecified atom stereocenters. The monoisotopic (exact) mass is 210 g/mol. The lowest BCUT2D eigenvalue weighted by Crippen LogP contribution is -2.12. The maximum Gasteiger partial charge on any atom is 0.236 e. The molecule has 9 heavy (non-hydrogen) atoms. The number of hydrazone groups is 1. The highest BCUT2D eigenvalue weighted by Gasteiger charge is 1.88. The van der Waals surface area contributed by atoms with E-state index in [1.165, 1.54) is 18.7 Å². The minimum atomic E-state index is -0.166. The molecule has 0 aromatic rings. The summed E-state index contributed by atoms with van der Waals surface area (Å²) in [4.78, 5) is 10.2. The van der Waals surface area contributed by atoms with E-state index in [2.05, 4.69) is 26.5 Å². The van der Waals surface area contributed by atoms with E-state index < -0.39 is 0 Å². The summed E-state index contributed by atoms with van der Waals surface area (Å²) in [6.45, 7) is 1.41. The summed E-state index contributed by atoms with van der Waals surface area (Å²) >= 11 is 4.52. The molecule has 5 heteroatoms. The quantitative estimate of drug-likeness (QED) is 0.401. The van der Waals surface area contributed by atoms with Gasteiger partial charge >= 0.3 is 0 Å². The Bertz CT molecular complexity index is 137. The number of hydrogen-bond donors (Lipinski definition) is 1. The summed E-state index contributed by atoms with van der Waals surface area (Å²) in [5, 5.41) is 3.64. The van der Waals surface area contributed by atoms with Crippen LogP contribution in [-0.2, 0) is 4.79 Å². The second-order valence-electron chi connectivity index (χ2n) is 1.24. The van der Waals surface area contributed by atoms with Crippen LogP contribution < -0.4 is 5.43 Å². The number of nitrogens with one attached hydrogen (secondary N) is 1. The summed E-state index contributed by atoms with van der Waals surface area (Å²) in [7, 11) is 0. The molecule has 0 heterocycles. The van der Waals surface area contributed by atoms with Gasteiger partial charge in [0.15, 0.2) is 3.95 Å². The van der Waals surface area contributed by atoms with Crippen LogP contribution in [-0.4, -0.2) is 16.1 Å². The molecule has 1 N–H and O–H groups in total. The van der Waals surface area contributed by atoms with Crippen molar-refractivity contribution in [2.75, 3.05) is 6.26 Å². The van der Waals surface area contributed by atoms with Crippen molar-refractivity contribution in [1.29, 1.82) is 0 Å². The van der Waals surface area contributed by atoms with Gasteiger partial charge in [-0.05, 0) is 22.2 Å². The van der Waals surface area contributed by atoms with Crippen molar-refractivity contribution in [1.82, 2.24) is 5.43 Å². The molecular weight excluding hydrogens is 204 g/mol. The van der Waals surface area contributed by atoms with Crippen molar-refractivity contribution < 1.29 is 4.79 Å². The number of amides is 1. The fraction of sp³-hybridized carbons (Fsp3) is 0.500. The fourth-order valence-electron chi connectivity index (χ4n) is 0.168. The number of rotatable bonds is 1. The van der Waals surface area contributed by atoms with Crippen molar-refractivity contribution in [2.24, 2.45) is 5.10 Å². The summed E-state index contributed by atoms with van der Waals surface area (Å²) in [6, 6.07) is 0. The molecule has 0 rings (SSSR count). The molecule has 0 fully saturated rings. The van der Waals surface area contributed by atoms with Gasteiger partial charge in [0.2, 0.25) is 5.91 Å².